The van der Waals surface area contributed by atoms with Gasteiger partial charge >= 0.3 is 0 Å². The minimum absolute atomic E-state index is 0.110. The summed E-state index contributed by atoms with van der Waals surface area (Å²) in [5, 5.41) is 16.2. The van der Waals surface area contributed by atoms with Crippen LogP contribution in [-0.2, 0) is 26.1 Å². The lowest BCUT2D eigenvalue weighted by molar-refractivity contribution is 0.0948. The fourth-order valence-corrected chi connectivity index (χ4v) is 3.97. The van der Waals surface area contributed by atoms with Gasteiger partial charge in [-0.2, -0.15) is 5.10 Å². The Morgan fingerprint density at radius 2 is 1.86 bits per heavy atom. The molecule has 1 aliphatic heterocycles. The number of rotatable bonds is 5. The van der Waals surface area contributed by atoms with Crippen LogP contribution in [0.15, 0.2) is 24.3 Å². The van der Waals surface area contributed by atoms with Crippen molar-refractivity contribution in [1.29, 1.82) is 0 Å². The van der Waals surface area contributed by atoms with Gasteiger partial charge in [-0.05, 0) is 39.2 Å². The van der Waals surface area contributed by atoms with Crippen LogP contribution in [0.25, 0.3) is 0 Å². The molecule has 0 fully saturated rings. The first-order valence-corrected chi connectivity index (χ1v) is 10.3. The molecule has 7 nitrogen and oxygen atoms in total. The van der Waals surface area contributed by atoms with Crippen molar-refractivity contribution >= 4 is 5.91 Å². The van der Waals surface area contributed by atoms with E-state index < -0.39 is 0 Å². The molecule has 2 aromatic heterocycles. The zero-order valence-corrected chi connectivity index (χ0v) is 17.4. The van der Waals surface area contributed by atoms with E-state index in [9.17, 15) is 4.79 Å². The van der Waals surface area contributed by atoms with E-state index in [-0.39, 0.29) is 5.91 Å². The molecular formula is C22H28N6O. The molecule has 1 N–H and O–H groups in total. The molecular weight excluding hydrogens is 364 g/mol. The standard InChI is InChI=1S/C22H28N6O/c1-15-8-10-18(11-9-15)14-28-17(3)21(16(2)26-28)22(29)23-13-20-25-24-19-7-5-4-6-12-27(19)20/h8-11H,4-7,12-14H2,1-3H3,(H,23,29). The topological polar surface area (TPSA) is 77.6 Å². The van der Waals surface area contributed by atoms with Gasteiger partial charge in [0.2, 0.25) is 0 Å². The molecule has 0 aliphatic carbocycles. The van der Waals surface area contributed by atoms with Crippen LogP contribution < -0.4 is 5.32 Å². The second-order valence-electron chi connectivity index (χ2n) is 7.87. The molecule has 152 valence electrons. The smallest absolute Gasteiger partial charge is 0.255 e. The zero-order chi connectivity index (χ0) is 20.4. The third kappa shape index (κ3) is 4.09. The molecule has 7 heteroatoms. The van der Waals surface area contributed by atoms with E-state index in [2.05, 4.69) is 56.4 Å². The number of hydrogen-bond acceptors (Lipinski definition) is 4. The summed E-state index contributed by atoms with van der Waals surface area (Å²) in [6.07, 6.45) is 4.47. The SMILES string of the molecule is Cc1ccc(Cn2nc(C)c(C(=O)NCc3nnc4n3CCCCC4)c2C)cc1. The van der Waals surface area contributed by atoms with Crippen molar-refractivity contribution in [2.24, 2.45) is 0 Å². The largest absolute Gasteiger partial charge is 0.345 e. The number of carbonyl (C=O) groups is 1. The maximum absolute atomic E-state index is 12.9. The number of nitrogens with zero attached hydrogens (tertiary/aromatic N) is 5. The molecule has 0 bridgehead atoms. The quantitative estimate of drug-likeness (QED) is 0.724. The van der Waals surface area contributed by atoms with Gasteiger partial charge in [0.25, 0.3) is 5.91 Å². The number of aromatic nitrogens is 5. The van der Waals surface area contributed by atoms with E-state index in [0.717, 1.165) is 48.8 Å². The summed E-state index contributed by atoms with van der Waals surface area (Å²) >= 11 is 0. The molecule has 1 aromatic carbocycles. The number of fused-ring (bicyclic) bond motifs is 1. The maximum Gasteiger partial charge on any atom is 0.255 e. The molecule has 29 heavy (non-hydrogen) atoms. The Morgan fingerprint density at radius 1 is 1.07 bits per heavy atom. The Hall–Kier alpha value is -2.96. The molecule has 3 aromatic rings. The van der Waals surface area contributed by atoms with Crippen molar-refractivity contribution in [3.05, 3.63) is 64.0 Å². The first-order valence-electron chi connectivity index (χ1n) is 10.3. The molecule has 3 heterocycles. The van der Waals surface area contributed by atoms with Crippen LogP contribution in [0, 0.1) is 20.8 Å². The minimum Gasteiger partial charge on any atom is -0.345 e. The van der Waals surface area contributed by atoms with Crippen molar-refractivity contribution in [3.8, 4) is 0 Å². The highest BCUT2D eigenvalue weighted by atomic mass is 16.1. The molecule has 0 atom stereocenters. The van der Waals surface area contributed by atoms with Gasteiger partial charge in [0.1, 0.15) is 5.82 Å². The number of carbonyl (C=O) groups excluding carboxylic acids is 1. The van der Waals surface area contributed by atoms with Gasteiger partial charge in [0, 0.05) is 18.7 Å². The average Bonchev–Trinajstić information content (AvgIpc) is 3.10. The maximum atomic E-state index is 12.9. The van der Waals surface area contributed by atoms with Gasteiger partial charge < -0.3 is 9.88 Å². The third-order valence-electron chi connectivity index (χ3n) is 5.65. The van der Waals surface area contributed by atoms with Crippen LogP contribution in [0.4, 0.5) is 0 Å². The molecule has 0 saturated carbocycles. The summed E-state index contributed by atoms with van der Waals surface area (Å²) < 4.78 is 4.06. The van der Waals surface area contributed by atoms with E-state index in [1.807, 2.05) is 18.5 Å². The summed E-state index contributed by atoms with van der Waals surface area (Å²) in [7, 11) is 0. The normalized spacial score (nSPS) is 13.8. The summed E-state index contributed by atoms with van der Waals surface area (Å²) in [6.45, 7) is 7.87. The average molecular weight is 393 g/mol. The second-order valence-corrected chi connectivity index (χ2v) is 7.87. The van der Waals surface area contributed by atoms with Crippen LogP contribution in [0.5, 0.6) is 0 Å². The van der Waals surface area contributed by atoms with E-state index >= 15 is 0 Å². The molecule has 0 saturated heterocycles. The predicted molar refractivity (Wildman–Crippen MR) is 111 cm³/mol. The Kier molecular flexibility index (Phi) is 5.47. The van der Waals surface area contributed by atoms with Crippen LogP contribution in [0.1, 0.15) is 63.8 Å². The van der Waals surface area contributed by atoms with Gasteiger partial charge in [0.15, 0.2) is 5.82 Å². The van der Waals surface area contributed by atoms with Gasteiger partial charge in [-0.3, -0.25) is 9.48 Å². The Labute approximate surface area is 171 Å². The van der Waals surface area contributed by atoms with Gasteiger partial charge in [-0.25, -0.2) is 0 Å². The molecule has 0 unspecified atom stereocenters. The molecule has 0 radical (unpaired) electrons. The number of nitrogens with one attached hydrogen (secondary N) is 1. The number of hydrogen-bond donors (Lipinski definition) is 1. The highest BCUT2D eigenvalue weighted by molar-refractivity contribution is 5.96. The van der Waals surface area contributed by atoms with Crippen molar-refractivity contribution in [2.75, 3.05) is 0 Å². The molecule has 1 amide bonds. The lowest BCUT2D eigenvalue weighted by Crippen LogP contribution is -2.26. The summed E-state index contributed by atoms with van der Waals surface area (Å²) in [5.41, 5.74) is 4.66. The fraction of sp³-hybridized carbons (Fsp3) is 0.455. The number of amides is 1. The van der Waals surface area contributed by atoms with E-state index in [1.54, 1.807) is 0 Å². The van der Waals surface area contributed by atoms with Gasteiger partial charge in [-0.15, -0.1) is 10.2 Å². The molecule has 0 spiro atoms. The summed E-state index contributed by atoms with van der Waals surface area (Å²) in [6, 6.07) is 8.39. The predicted octanol–water partition coefficient (Wildman–Crippen LogP) is 3.10. The van der Waals surface area contributed by atoms with Crippen molar-refractivity contribution in [1.82, 2.24) is 29.9 Å². The van der Waals surface area contributed by atoms with E-state index in [1.165, 1.54) is 17.5 Å². The van der Waals surface area contributed by atoms with Gasteiger partial charge in [0.05, 0.1) is 24.3 Å². The molecule has 1 aliphatic rings. The highest BCUT2D eigenvalue weighted by Gasteiger charge is 2.20. The van der Waals surface area contributed by atoms with Crippen LogP contribution in [0.2, 0.25) is 0 Å². The zero-order valence-electron chi connectivity index (χ0n) is 17.4. The van der Waals surface area contributed by atoms with Crippen molar-refractivity contribution in [2.45, 2.75) is 66.1 Å². The highest BCUT2D eigenvalue weighted by Crippen LogP contribution is 2.17. The van der Waals surface area contributed by atoms with Crippen LogP contribution in [0.3, 0.4) is 0 Å². The lowest BCUT2D eigenvalue weighted by atomic mass is 10.1. The number of benzene rings is 1. The summed E-state index contributed by atoms with van der Waals surface area (Å²) in [5.74, 6) is 1.75. The third-order valence-corrected chi connectivity index (χ3v) is 5.65. The fourth-order valence-electron chi connectivity index (χ4n) is 3.97. The first-order chi connectivity index (χ1) is 14.0. The summed E-state index contributed by atoms with van der Waals surface area (Å²) in [4.78, 5) is 12.9. The van der Waals surface area contributed by atoms with Crippen molar-refractivity contribution < 1.29 is 4.79 Å². The van der Waals surface area contributed by atoms with Crippen LogP contribution >= 0.6 is 0 Å². The Balaban J connectivity index is 1.47. The first kappa shape index (κ1) is 19.4. The van der Waals surface area contributed by atoms with E-state index in [4.69, 9.17) is 0 Å². The van der Waals surface area contributed by atoms with Crippen LogP contribution in [-0.4, -0.2) is 30.5 Å². The minimum atomic E-state index is -0.110. The Morgan fingerprint density at radius 3 is 2.66 bits per heavy atom. The monoisotopic (exact) mass is 392 g/mol. The molecule has 4 rings (SSSR count). The van der Waals surface area contributed by atoms with Gasteiger partial charge in [-0.1, -0.05) is 36.2 Å². The lowest BCUT2D eigenvalue weighted by Gasteiger charge is -2.09. The van der Waals surface area contributed by atoms with E-state index in [0.29, 0.717) is 18.7 Å². The second kappa shape index (κ2) is 8.19. The number of aryl methyl sites for hydroxylation is 3. The Bertz CT molecular complexity index is 1010. The van der Waals surface area contributed by atoms with Crippen molar-refractivity contribution in [3.63, 3.8) is 0 Å².